The normalized spacial score (nSPS) is 27.3. The fraction of sp³-hybridized carbons (Fsp3) is 0.652. The molecule has 1 aromatic carbocycles. The van der Waals surface area contributed by atoms with E-state index in [-0.39, 0.29) is 13.3 Å². The van der Waals surface area contributed by atoms with E-state index in [1.807, 2.05) is 13.8 Å². The highest BCUT2D eigenvalue weighted by atomic mass is 16.7. The van der Waals surface area contributed by atoms with Gasteiger partial charge in [0.05, 0.1) is 6.61 Å². The van der Waals surface area contributed by atoms with E-state index in [1.165, 1.54) is 4.90 Å². The largest absolute Gasteiger partial charge is 0.454 e. The molecule has 12 heteroatoms. The van der Waals surface area contributed by atoms with Crippen molar-refractivity contribution in [2.75, 3.05) is 19.9 Å². The highest BCUT2D eigenvalue weighted by molar-refractivity contribution is 5.81. The van der Waals surface area contributed by atoms with Gasteiger partial charge in [-0.05, 0) is 36.6 Å². The molecule has 0 spiro atoms. The summed E-state index contributed by atoms with van der Waals surface area (Å²) in [5, 5.41) is 50.3. The number of fused-ring (bicyclic) bond motifs is 1. The number of ether oxygens (including phenoxy) is 4. The zero-order chi connectivity index (χ0) is 25.7. The first-order chi connectivity index (χ1) is 16.7. The van der Waals surface area contributed by atoms with Crippen LogP contribution in [-0.4, -0.2) is 105 Å². The van der Waals surface area contributed by atoms with Crippen LogP contribution in [0.4, 0.5) is 0 Å². The Balaban J connectivity index is 1.75. The summed E-state index contributed by atoms with van der Waals surface area (Å²) >= 11 is 0. The lowest BCUT2D eigenvalue weighted by Crippen LogP contribution is -2.60. The summed E-state index contributed by atoms with van der Waals surface area (Å²) in [6.45, 7) is 3.62. The number of carbonyl (C=O) groups excluding carboxylic acids is 2. The zero-order valence-electron chi connectivity index (χ0n) is 19.6. The number of aldehydes is 1. The number of carbonyl (C=O) groups is 2. The smallest absolute Gasteiger partial charge is 0.254 e. The summed E-state index contributed by atoms with van der Waals surface area (Å²) in [5.41, 5.74) is 1.64. The predicted octanol–water partition coefficient (Wildman–Crippen LogP) is -1.40. The second-order valence-corrected chi connectivity index (χ2v) is 8.61. The van der Waals surface area contributed by atoms with E-state index in [0.717, 1.165) is 11.1 Å². The minimum atomic E-state index is -1.80. The molecular weight excluding hydrogens is 466 g/mol. The number of rotatable bonds is 11. The lowest BCUT2D eigenvalue weighted by atomic mass is 9.99. The Morgan fingerprint density at radius 3 is 2.51 bits per heavy atom. The second-order valence-electron chi connectivity index (χ2n) is 8.61. The number of aliphatic hydroxyl groups excluding tert-OH is 5. The van der Waals surface area contributed by atoms with Crippen molar-refractivity contribution in [3.63, 3.8) is 0 Å². The van der Waals surface area contributed by atoms with Crippen LogP contribution in [0.5, 0.6) is 11.5 Å². The molecule has 7 atom stereocenters. The molecule has 1 amide bonds. The van der Waals surface area contributed by atoms with Gasteiger partial charge in [0.15, 0.2) is 23.9 Å². The van der Waals surface area contributed by atoms with E-state index >= 15 is 0 Å². The van der Waals surface area contributed by atoms with E-state index in [4.69, 9.17) is 18.9 Å². The van der Waals surface area contributed by atoms with Crippen molar-refractivity contribution in [2.24, 2.45) is 0 Å². The van der Waals surface area contributed by atoms with Crippen molar-refractivity contribution < 1.29 is 54.1 Å². The van der Waals surface area contributed by atoms with Crippen molar-refractivity contribution in [1.82, 2.24) is 4.90 Å². The molecule has 0 unspecified atom stereocenters. The fourth-order valence-electron chi connectivity index (χ4n) is 4.05. The molecule has 0 saturated carbocycles. The molecule has 3 rings (SSSR count). The maximum atomic E-state index is 13.3. The van der Waals surface area contributed by atoms with Gasteiger partial charge in [0.25, 0.3) is 5.91 Å². The minimum Gasteiger partial charge on any atom is -0.454 e. The Hall–Kier alpha value is -2.32. The van der Waals surface area contributed by atoms with Gasteiger partial charge in [-0.15, -0.1) is 0 Å². The van der Waals surface area contributed by atoms with E-state index in [9.17, 15) is 35.1 Å². The van der Waals surface area contributed by atoms with Gasteiger partial charge in [-0.25, -0.2) is 0 Å². The van der Waals surface area contributed by atoms with Crippen molar-refractivity contribution in [2.45, 2.75) is 76.1 Å². The first-order valence-electron chi connectivity index (χ1n) is 11.5. The van der Waals surface area contributed by atoms with Crippen molar-refractivity contribution in [3.05, 3.63) is 23.3 Å². The SMILES string of the molecule is CCCN(Cc1cc2c(cc1C)OCO2)C(=O)[C@@H](O)[C@@H](CC=O)O[C@H]1O[C@H](CO)[C@@H](O)[C@H](O)[C@@H]1O. The number of nitrogens with zero attached hydrogens (tertiary/aromatic N) is 1. The third-order valence-electron chi connectivity index (χ3n) is 6.09. The zero-order valence-corrected chi connectivity index (χ0v) is 19.6. The maximum Gasteiger partial charge on any atom is 0.254 e. The molecule has 5 N–H and O–H groups in total. The van der Waals surface area contributed by atoms with Crippen LogP contribution in [0.3, 0.4) is 0 Å². The van der Waals surface area contributed by atoms with Crippen LogP contribution in [0.15, 0.2) is 12.1 Å². The molecule has 12 nitrogen and oxygen atoms in total. The van der Waals surface area contributed by atoms with Crippen LogP contribution in [0.25, 0.3) is 0 Å². The number of amides is 1. The lowest BCUT2D eigenvalue weighted by molar-refractivity contribution is -0.315. The van der Waals surface area contributed by atoms with E-state index < -0.39 is 61.8 Å². The molecule has 0 radical (unpaired) electrons. The van der Waals surface area contributed by atoms with Gasteiger partial charge < -0.3 is 54.2 Å². The summed E-state index contributed by atoms with van der Waals surface area (Å²) in [6.07, 6.45) is -10.5. The van der Waals surface area contributed by atoms with E-state index in [0.29, 0.717) is 30.8 Å². The van der Waals surface area contributed by atoms with Crippen LogP contribution in [0, 0.1) is 6.92 Å². The van der Waals surface area contributed by atoms with Crippen LogP contribution in [-0.2, 0) is 25.6 Å². The van der Waals surface area contributed by atoms with Gasteiger partial charge in [-0.3, -0.25) is 4.79 Å². The Kier molecular flexibility index (Phi) is 9.41. The first-order valence-corrected chi connectivity index (χ1v) is 11.5. The topological polar surface area (TPSA) is 175 Å². The van der Waals surface area contributed by atoms with Crippen LogP contribution < -0.4 is 9.47 Å². The molecule has 35 heavy (non-hydrogen) atoms. The van der Waals surface area contributed by atoms with Gasteiger partial charge in [-0.2, -0.15) is 0 Å². The predicted molar refractivity (Wildman–Crippen MR) is 118 cm³/mol. The monoisotopic (exact) mass is 499 g/mol. The molecule has 0 aromatic heterocycles. The number of aliphatic hydroxyl groups is 5. The summed E-state index contributed by atoms with van der Waals surface area (Å²) < 4.78 is 21.6. The molecule has 0 bridgehead atoms. The third kappa shape index (κ3) is 6.09. The molecule has 2 aliphatic heterocycles. The molecule has 0 aliphatic carbocycles. The molecule has 2 aliphatic rings. The maximum absolute atomic E-state index is 13.3. The van der Waals surface area contributed by atoms with Crippen LogP contribution >= 0.6 is 0 Å². The Labute approximate surface area is 202 Å². The summed E-state index contributed by atoms with van der Waals surface area (Å²) in [4.78, 5) is 25.9. The number of hydrogen-bond donors (Lipinski definition) is 5. The van der Waals surface area contributed by atoms with Gasteiger partial charge in [0, 0.05) is 19.5 Å². The second kappa shape index (κ2) is 12.1. The minimum absolute atomic E-state index is 0.108. The van der Waals surface area contributed by atoms with Crippen molar-refractivity contribution in [3.8, 4) is 11.5 Å². The molecule has 1 fully saturated rings. The molecule has 196 valence electrons. The number of hydrogen-bond acceptors (Lipinski definition) is 11. The first kappa shape index (κ1) is 27.3. The number of benzene rings is 1. The highest BCUT2D eigenvalue weighted by Gasteiger charge is 2.46. The quantitative estimate of drug-likeness (QED) is 0.226. The summed E-state index contributed by atoms with van der Waals surface area (Å²) in [6, 6.07) is 3.58. The Morgan fingerprint density at radius 1 is 1.20 bits per heavy atom. The Morgan fingerprint density at radius 2 is 1.89 bits per heavy atom. The average molecular weight is 500 g/mol. The fourth-order valence-corrected chi connectivity index (χ4v) is 4.05. The van der Waals surface area contributed by atoms with Crippen molar-refractivity contribution >= 4 is 12.2 Å². The van der Waals surface area contributed by atoms with Crippen molar-refractivity contribution in [1.29, 1.82) is 0 Å². The third-order valence-corrected chi connectivity index (χ3v) is 6.09. The van der Waals surface area contributed by atoms with Gasteiger partial charge in [0.2, 0.25) is 6.79 Å². The van der Waals surface area contributed by atoms with E-state index in [1.54, 1.807) is 12.1 Å². The van der Waals surface area contributed by atoms with Crippen LogP contribution in [0.2, 0.25) is 0 Å². The Bertz CT molecular complexity index is 879. The lowest BCUT2D eigenvalue weighted by Gasteiger charge is -2.41. The average Bonchev–Trinajstić information content (AvgIpc) is 3.29. The molecular formula is C23H33NO11. The summed E-state index contributed by atoms with van der Waals surface area (Å²) in [7, 11) is 0. The summed E-state index contributed by atoms with van der Waals surface area (Å²) in [5.74, 6) is 0.457. The molecule has 1 aromatic rings. The van der Waals surface area contributed by atoms with Gasteiger partial charge in [-0.1, -0.05) is 6.92 Å². The standard InChI is InChI=1S/C23H33NO11/c1-3-5-24(9-13-8-16-15(7-12(13)2)32-11-33-16)22(31)19(28)14(4-6-25)34-23-21(30)20(29)18(27)17(10-26)35-23/h6-8,14,17-21,23,26-30H,3-5,9-11H2,1-2H3/t14-,17-,18-,19+,20+,21+,23+/m1/s1. The number of aryl methyl sites for hydroxylation is 1. The highest BCUT2D eigenvalue weighted by Crippen LogP contribution is 2.35. The van der Waals surface area contributed by atoms with Crippen LogP contribution in [0.1, 0.15) is 30.9 Å². The van der Waals surface area contributed by atoms with Gasteiger partial charge in [0.1, 0.15) is 36.8 Å². The van der Waals surface area contributed by atoms with Gasteiger partial charge >= 0.3 is 0 Å². The van der Waals surface area contributed by atoms with E-state index in [2.05, 4.69) is 0 Å². The molecule has 1 saturated heterocycles. The molecule has 2 heterocycles.